The Kier molecular flexibility index (Phi) is 6.14. The van der Waals surface area contributed by atoms with Crippen molar-refractivity contribution in [2.75, 3.05) is 19.7 Å². The van der Waals surface area contributed by atoms with Gasteiger partial charge in [0.25, 0.3) is 5.91 Å². The Balaban J connectivity index is 1.88. The molecule has 0 bridgehead atoms. The topological polar surface area (TPSA) is 107 Å². The molecule has 0 aromatic carbocycles. The third-order valence-corrected chi connectivity index (χ3v) is 6.01. The summed E-state index contributed by atoms with van der Waals surface area (Å²) in [6.07, 6.45) is 5.33. The molecule has 2 heterocycles. The number of rotatable bonds is 4. The molecule has 2 N–H and O–H groups in total. The van der Waals surface area contributed by atoms with Crippen LogP contribution in [-0.4, -0.2) is 44.9 Å². The zero-order valence-corrected chi connectivity index (χ0v) is 14.3. The fourth-order valence-corrected chi connectivity index (χ4v) is 3.95. The summed E-state index contributed by atoms with van der Waals surface area (Å²) in [5.74, 6) is -0.946. The highest BCUT2D eigenvalue weighted by molar-refractivity contribution is 7.91. The first kappa shape index (κ1) is 17.9. The van der Waals surface area contributed by atoms with Crippen LogP contribution in [0.4, 0.5) is 0 Å². The highest BCUT2D eigenvalue weighted by atomic mass is 32.2. The number of nitrogens with zero attached hydrogens (tertiary/aromatic N) is 1. The number of sulfonamides is 1. The lowest BCUT2D eigenvalue weighted by Gasteiger charge is -2.24. The molecule has 0 saturated carbocycles. The normalized spacial score (nSPS) is 16.5. The summed E-state index contributed by atoms with van der Waals surface area (Å²) in [5.41, 5.74) is 0.0829. The number of hydrogen-bond donors (Lipinski definition) is 1. The van der Waals surface area contributed by atoms with Crippen LogP contribution < -0.4 is 5.14 Å². The summed E-state index contributed by atoms with van der Waals surface area (Å²) in [6, 6.07) is 1.16. The molecule has 1 aliphatic rings. The Morgan fingerprint density at radius 1 is 1.17 bits per heavy atom. The molecular weight excluding hydrogens is 340 g/mol. The SMILES string of the molecule is NS(=O)(=O)c1cc(C(=O)OCC(=O)N2CCCCCCC2)cs1. The number of amides is 1. The second-order valence-electron chi connectivity index (χ2n) is 5.42. The minimum absolute atomic E-state index is 0.0829. The van der Waals surface area contributed by atoms with E-state index in [4.69, 9.17) is 9.88 Å². The molecule has 0 aliphatic carbocycles. The Morgan fingerprint density at radius 3 is 2.35 bits per heavy atom. The summed E-state index contributed by atoms with van der Waals surface area (Å²) >= 11 is 0.843. The van der Waals surface area contributed by atoms with Crippen LogP contribution in [0.5, 0.6) is 0 Å². The monoisotopic (exact) mass is 360 g/mol. The number of likely N-dealkylation sites (tertiary alicyclic amines) is 1. The number of ether oxygens (including phenoxy) is 1. The molecule has 23 heavy (non-hydrogen) atoms. The molecule has 1 fully saturated rings. The van der Waals surface area contributed by atoms with Crippen molar-refractivity contribution in [1.29, 1.82) is 0 Å². The second kappa shape index (κ2) is 7.89. The lowest BCUT2D eigenvalue weighted by molar-refractivity contribution is -0.134. The van der Waals surface area contributed by atoms with Crippen LogP contribution in [0.3, 0.4) is 0 Å². The molecule has 1 aromatic heterocycles. The van der Waals surface area contributed by atoms with Gasteiger partial charge >= 0.3 is 5.97 Å². The van der Waals surface area contributed by atoms with Crippen LogP contribution in [0.2, 0.25) is 0 Å². The third-order valence-electron chi connectivity index (χ3n) is 3.63. The van der Waals surface area contributed by atoms with Crippen molar-refractivity contribution in [3.8, 4) is 0 Å². The van der Waals surface area contributed by atoms with Gasteiger partial charge in [-0.25, -0.2) is 18.4 Å². The number of thiophene rings is 1. The maximum Gasteiger partial charge on any atom is 0.339 e. The quantitative estimate of drug-likeness (QED) is 0.816. The number of nitrogens with two attached hydrogens (primary N) is 1. The predicted octanol–water partition coefficient (Wildman–Crippen LogP) is 1.34. The molecule has 1 amide bonds. The van der Waals surface area contributed by atoms with Gasteiger partial charge in [0.05, 0.1) is 5.56 Å². The molecule has 1 saturated heterocycles. The van der Waals surface area contributed by atoms with E-state index < -0.39 is 16.0 Å². The van der Waals surface area contributed by atoms with E-state index in [0.717, 1.165) is 43.1 Å². The smallest absolute Gasteiger partial charge is 0.339 e. The molecule has 128 valence electrons. The minimum atomic E-state index is -3.84. The van der Waals surface area contributed by atoms with E-state index in [1.54, 1.807) is 4.90 Å². The van der Waals surface area contributed by atoms with Crippen LogP contribution in [0, 0.1) is 0 Å². The molecular formula is C14H20N2O5S2. The lowest BCUT2D eigenvalue weighted by Crippen LogP contribution is -2.36. The first-order chi connectivity index (χ1) is 10.9. The van der Waals surface area contributed by atoms with Crippen molar-refractivity contribution < 1.29 is 22.7 Å². The maximum absolute atomic E-state index is 12.1. The van der Waals surface area contributed by atoms with Crippen LogP contribution in [0.25, 0.3) is 0 Å². The number of esters is 1. The Hall–Kier alpha value is -1.45. The average Bonchev–Trinajstić information content (AvgIpc) is 2.94. The first-order valence-electron chi connectivity index (χ1n) is 7.44. The van der Waals surface area contributed by atoms with Gasteiger partial charge in [-0.1, -0.05) is 19.3 Å². The minimum Gasteiger partial charge on any atom is -0.452 e. The Labute approximate surface area is 139 Å². The maximum atomic E-state index is 12.1. The van der Waals surface area contributed by atoms with E-state index in [-0.39, 0.29) is 22.3 Å². The van der Waals surface area contributed by atoms with Crippen molar-refractivity contribution in [1.82, 2.24) is 4.90 Å². The van der Waals surface area contributed by atoms with E-state index in [0.29, 0.717) is 13.1 Å². The van der Waals surface area contributed by atoms with Crippen molar-refractivity contribution in [3.63, 3.8) is 0 Å². The average molecular weight is 360 g/mol. The Morgan fingerprint density at radius 2 is 1.78 bits per heavy atom. The van der Waals surface area contributed by atoms with Crippen molar-refractivity contribution in [3.05, 3.63) is 17.0 Å². The van der Waals surface area contributed by atoms with Gasteiger partial charge in [0, 0.05) is 18.5 Å². The van der Waals surface area contributed by atoms with Gasteiger partial charge in [0.1, 0.15) is 4.21 Å². The molecule has 9 heteroatoms. The predicted molar refractivity (Wildman–Crippen MR) is 85.6 cm³/mol. The van der Waals surface area contributed by atoms with Crippen LogP contribution >= 0.6 is 11.3 Å². The van der Waals surface area contributed by atoms with Gasteiger partial charge in [-0.3, -0.25) is 4.79 Å². The summed E-state index contributed by atoms with van der Waals surface area (Å²) in [5, 5.41) is 6.34. The highest BCUT2D eigenvalue weighted by Crippen LogP contribution is 2.19. The molecule has 7 nitrogen and oxygen atoms in total. The van der Waals surface area contributed by atoms with Gasteiger partial charge in [0.15, 0.2) is 6.61 Å². The van der Waals surface area contributed by atoms with E-state index in [2.05, 4.69) is 0 Å². The third kappa shape index (κ3) is 5.29. The fraction of sp³-hybridized carbons (Fsp3) is 0.571. The fourth-order valence-electron chi connectivity index (χ4n) is 2.37. The van der Waals surface area contributed by atoms with Gasteiger partial charge in [-0.05, 0) is 18.9 Å². The van der Waals surface area contributed by atoms with Gasteiger partial charge in [-0.15, -0.1) is 11.3 Å². The molecule has 0 unspecified atom stereocenters. The Bertz CT molecular complexity index is 660. The molecule has 1 aliphatic heterocycles. The summed E-state index contributed by atoms with van der Waals surface area (Å²) in [4.78, 5) is 25.7. The van der Waals surface area contributed by atoms with Gasteiger partial charge < -0.3 is 9.64 Å². The second-order valence-corrected chi connectivity index (χ2v) is 8.12. The highest BCUT2D eigenvalue weighted by Gasteiger charge is 2.19. The number of primary sulfonamides is 1. The van der Waals surface area contributed by atoms with Crippen molar-refractivity contribution >= 4 is 33.2 Å². The summed E-state index contributed by atoms with van der Waals surface area (Å²) in [6.45, 7) is 1.04. The number of carbonyl (C=O) groups excluding carboxylic acids is 2. The standard InChI is InChI=1S/C14H20N2O5S2/c15-23(19,20)13-8-11(10-22-13)14(18)21-9-12(17)16-6-4-2-1-3-5-7-16/h8,10H,1-7,9H2,(H2,15,19,20). The molecule has 2 rings (SSSR count). The van der Waals surface area contributed by atoms with Crippen LogP contribution in [-0.2, 0) is 19.6 Å². The van der Waals surface area contributed by atoms with Crippen molar-refractivity contribution in [2.45, 2.75) is 36.3 Å². The zero-order chi connectivity index (χ0) is 16.9. The first-order valence-corrected chi connectivity index (χ1v) is 9.87. The van der Waals surface area contributed by atoms with Crippen LogP contribution in [0.1, 0.15) is 42.5 Å². The molecule has 0 atom stereocenters. The van der Waals surface area contributed by atoms with E-state index >= 15 is 0 Å². The van der Waals surface area contributed by atoms with E-state index in [1.165, 1.54) is 11.8 Å². The summed E-state index contributed by atoms with van der Waals surface area (Å²) in [7, 11) is -3.84. The van der Waals surface area contributed by atoms with Crippen LogP contribution in [0.15, 0.2) is 15.7 Å². The zero-order valence-electron chi connectivity index (χ0n) is 12.7. The van der Waals surface area contributed by atoms with E-state index in [1.807, 2.05) is 0 Å². The van der Waals surface area contributed by atoms with Gasteiger partial charge in [0.2, 0.25) is 10.0 Å². The summed E-state index contributed by atoms with van der Waals surface area (Å²) < 4.78 is 27.2. The number of carbonyl (C=O) groups is 2. The largest absolute Gasteiger partial charge is 0.452 e. The molecule has 1 aromatic rings. The molecule has 0 radical (unpaired) electrons. The molecule has 0 spiro atoms. The van der Waals surface area contributed by atoms with Gasteiger partial charge in [-0.2, -0.15) is 0 Å². The van der Waals surface area contributed by atoms with E-state index in [9.17, 15) is 18.0 Å². The number of hydrogen-bond acceptors (Lipinski definition) is 6. The van der Waals surface area contributed by atoms with Crippen molar-refractivity contribution in [2.24, 2.45) is 5.14 Å². The lowest BCUT2D eigenvalue weighted by atomic mass is 10.1.